The maximum atomic E-state index is 12.5. The molecule has 0 saturated heterocycles. The normalized spacial score (nSPS) is 11.3. The van der Waals surface area contributed by atoms with E-state index in [1.165, 1.54) is 26.4 Å². The fraction of sp³-hybridized carbons (Fsp3) is 0.188. The third-order valence-electron chi connectivity index (χ3n) is 3.40. The average molecular weight is 406 g/mol. The van der Waals surface area contributed by atoms with Gasteiger partial charge in [-0.3, -0.25) is 4.79 Å². The van der Waals surface area contributed by atoms with Crippen molar-refractivity contribution in [1.82, 2.24) is 0 Å². The number of ether oxygens (including phenoxy) is 2. The highest BCUT2D eigenvalue weighted by atomic mass is 35.5. The lowest BCUT2D eigenvalue weighted by Crippen LogP contribution is -2.14. The molecular formula is C16H14ClF2NO5S. The van der Waals surface area contributed by atoms with Gasteiger partial charge in [0.15, 0.2) is 0 Å². The van der Waals surface area contributed by atoms with E-state index in [4.69, 9.17) is 21.1 Å². The third-order valence-corrected chi connectivity index (χ3v) is 5.10. The Bertz CT molecular complexity index is 917. The molecule has 0 atom stereocenters. The molecule has 26 heavy (non-hydrogen) atoms. The second-order valence-corrected chi connectivity index (χ2v) is 7.30. The summed E-state index contributed by atoms with van der Waals surface area (Å²) in [5.41, 5.74) is 0.331. The Kier molecular flexibility index (Phi) is 6.04. The standard InChI is InChI=1S/C16H14ClF2NO5S/c1-24-13-8-12(14(25-2)7-11(13)17)20-15(21)9-3-5-10(6-4-9)26(22,23)16(18)19/h3-8,16H,1-2H3,(H,20,21). The molecule has 140 valence electrons. The minimum Gasteiger partial charge on any atom is -0.495 e. The number of benzene rings is 2. The fourth-order valence-electron chi connectivity index (χ4n) is 2.05. The lowest BCUT2D eigenvalue weighted by Gasteiger charge is -2.13. The molecule has 0 radical (unpaired) electrons. The number of methoxy groups -OCH3 is 2. The number of hydrogen-bond donors (Lipinski definition) is 1. The van der Waals surface area contributed by atoms with Gasteiger partial charge in [0.2, 0.25) is 9.84 Å². The number of sulfone groups is 1. The minimum atomic E-state index is -4.72. The molecule has 10 heteroatoms. The predicted octanol–water partition coefficient (Wildman–Crippen LogP) is 3.61. The highest BCUT2D eigenvalue weighted by molar-refractivity contribution is 7.91. The van der Waals surface area contributed by atoms with Gasteiger partial charge in [-0.1, -0.05) is 11.6 Å². The monoisotopic (exact) mass is 405 g/mol. The summed E-state index contributed by atoms with van der Waals surface area (Å²) in [6.45, 7) is 0. The van der Waals surface area contributed by atoms with Crippen molar-refractivity contribution in [3.8, 4) is 11.5 Å². The van der Waals surface area contributed by atoms with Crippen molar-refractivity contribution in [2.45, 2.75) is 10.7 Å². The summed E-state index contributed by atoms with van der Waals surface area (Å²) in [5, 5.41) is 2.84. The molecule has 6 nitrogen and oxygen atoms in total. The van der Waals surface area contributed by atoms with Crippen LogP contribution in [-0.2, 0) is 9.84 Å². The van der Waals surface area contributed by atoms with Crippen molar-refractivity contribution in [2.75, 3.05) is 19.5 Å². The number of alkyl halides is 2. The van der Waals surface area contributed by atoms with E-state index < -0.39 is 26.4 Å². The summed E-state index contributed by atoms with van der Waals surface area (Å²) in [5.74, 6) is -3.55. The first-order chi connectivity index (χ1) is 12.2. The van der Waals surface area contributed by atoms with Gasteiger partial charge in [-0.15, -0.1) is 0 Å². The summed E-state index contributed by atoms with van der Waals surface area (Å²) >= 11 is 5.98. The molecule has 0 aliphatic heterocycles. The maximum Gasteiger partial charge on any atom is 0.341 e. The highest BCUT2D eigenvalue weighted by Crippen LogP contribution is 2.36. The van der Waals surface area contributed by atoms with E-state index in [0.29, 0.717) is 5.75 Å². The first-order valence-corrected chi connectivity index (χ1v) is 8.98. The van der Waals surface area contributed by atoms with Gasteiger partial charge in [0.1, 0.15) is 11.5 Å². The molecule has 1 amide bonds. The molecule has 0 spiro atoms. The zero-order chi connectivity index (χ0) is 19.5. The van der Waals surface area contributed by atoms with E-state index in [1.54, 1.807) is 0 Å². The van der Waals surface area contributed by atoms with Crippen molar-refractivity contribution < 1.29 is 31.5 Å². The zero-order valence-corrected chi connectivity index (χ0v) is 15.2. The number of carbonyl (C=O) groups is 1. The molecule has 0 heterocycles. The lowest BCUT2D eigenvalue weighted by molar-refractivity contribution is 0.102. The second-order valence-electron chi connectivity index (χ2n) is 4.97. The van der Waals surface area contributed by atoms with Crippen molar-refractivity contribution in [1.29, 1.82) is 0 Å². The molecule has 0 saturated carbocycles. The van der Waals surface area contributed by atoms with Crippen LogP contribution < -0.4 is 14.8 Å². The van der Waals surface area contributed by atoms with Gasteiger partial charge in [-0.05, 0) is 24.3 Å². The largest absolute Gasteiger partial charge is 0.495 e. The molecule has 0 aliphatic carbocycles. The van der Waals surface area contributed by atoms with E-state index >= 15 is 0 Å². The van der Waals surface area contributed by atoms with E-state index in [0.717, 1.165) is 24.3 Å². The Balaban J connectivity index is 2.28. The van der Waals surface area contributed by atoms with Crippen LogP contribution in [0.15, 0.2) is 41.3 Å². The molecule has 2 rings (SSSR count). The predicted molar refractivity (Wildman–Crippen MR) is 92.1 cm³/mol. The average Bonchev–Trinajstić information content (AvgIpc) is 2.62. The fourth-order valence-corrected chi connectivity index (χ4v) is 3.00. The minimum absolute atomic E-state index is 0.0641. The molecular weight excluding hydrogens is 392 g/mol. The highest BCUT2D eigenvalue weighted by Gasteiger charge is 2.26. The van der Waals surface area contributed by atoms with Gasteiger partial charge in [-0.2, -0.15) is 8.78 Å². The number of halogens is 3. The molecule has 0 fully saturated rings. The Morgan fingerprint density at radius 2 is 1.65 bits per heavy atom. The first-order valence-electron chi connectivity index (χ1n) is 7.05. The molecule has 0 bridgehead atoms. The second kappa shape index (κ2) is 7.88. The molecule has 0 unspecified atom stereocenters. The van der Waals surface area contributed by atoms with E-state index in [1.807, 2.05) is 0 Å². The number of anilines is 1. The van der Waals surface area contributed by atoms with Crippen LogP contribution in [-0.4, -0.2) is 34.3 Å². The summed E-state index contributed by atoms with van der Waals surface area (Å²) in [7, 11) is -1.93. The number of nitrogens with one attached hydrogen (secondary N) is 1. The Labute approximate surface area is 153 Å². The van der Waals surface area contributed by atoms with Crippen LogP contribution in [0.2, 0.25) is 5.02 Å². The zero-order valence-electron chi connectivity index (χ0n) is 13.6. The summed E-state index contributed by atoms with van der Waals surface area (Å²) in [4.78, 5) is 11.7. The lowest BCUT2D eigenvalue weighted by atomic mass is 10.2. The molecule has 2 aromatic carbocycles. The van der Waals surface area contributed by atoms with E-state index in [-0.39, 0.29) is 22.0 Å². The van der Waals surface area contributed by atoms with E-state index in [2.05, 4.69) is 5.32 Å². The van der Waals surface area contributed by atoms with Crippen molar-refractivity contribution in [3.63, 3.8) is 0 Å². The van der Waals surface area contributed by atoms with Gasteiger partial charge in [0.05, 0.1) is 29.8 Å². The Morgan fingerprint density at radius 3 is 2.15 bits per heavy atom. The Morgan fingerprint density at radius 1 is 1.08 bits per heavy atom. The van der Waals surface area contributed by atoms with Crippen LogP contribution in [0.25, 0.3) is 0 Å². The SMILES string of the molecule is COc1cc(NC(=O)c2ccc(S(=O)(=O)C(F)F)cc2)c(OC)cc1Cl. The van der Waals surface area contributed by atoms with Crippen molar-refractivity contribution in [3.05, 3.63) is 47.0 Å². The Hall–Kier alpha value is -2.39. The number of amides is 1. The maximum absolute atomic E-state index is 12.5. The van der Waals surface area contributed by atoms with Crippen LogP contribution >= 0.6 is 11.6 Å². The van der Waals surface area contributed by atoms with Gasteiger partial charge in [0.25, 0.3) is 5.91 Å². The summed E-state index contributed by atoms with van der Waals surface area (Å²) in [6, 6.07) is 7.05. The summed E-state index contributed by atoms with van der Waals surface area (Å²) in [6.07, 6.45) is 0. The third kappa shape index (κ3) is 4.05. The van der Waals surface area contributed by atoms with Crippen LogP contribution in [0.1, 0.15) is 10.4 Å². The van der Waals surface area contributed by atoms with Crippen LogP contribution in [0, 0.1) is 0 Å². The van der Waals surface area contributed by atoms with Crippen LogP contribution in [0.3, 0.4) is 0 Å². The van der Waals surface area contributed by atoms with Crippen LogP contribution in [0.4, 0.5) is 14.5 Å². The first kappa shape index (κ1) is 19.9. The number of hydrogen-bond acceptors (Lipinski definition) is 5. The van der Waals surface area contributed by atoms with Crippen LogP contribution in [0.5, 0.6) is 11.5 Å². The smallest absolute Gasteiger partial charge is 0.341 e. The molecule has 1 N–H and O–H groups in total. The quantitative estimate of drug-likeness (QED) is 0.794. The van der Waals surface area contributed by atoms with Gasteiger partial charge in [-0.25, -0.2) is 8.42 Å². The molecule has 2 aromatic rings. The van der Waals surface area contributed by atoms with E-state index in [9.17, 15) is 22.0 Å². The molecule has 0 aromatic heterocycles. The number of carbonyl (C=O) groups excluding carboxylic acids is 1. The topological polar surface area (TPSA) is 81.7 Å². The van der Waals surface area contributed by atoms with Gasteiger partial charge in [0, 0.05) is 17.7 Å². The number of rotatable bonds is 6. The molecule has 0 aliphatic rings. The van der Waals surface area contributed by atoms with Gasteiger partial charge >= 0.3 is 5.76 Å². The van der Waals surface area contributed by atoms with Crippen molar-refractivity contribution in [2.24, 2.45) is 0 Å². The summed E-state index contributed by atoms with van der Waals surface area (Å²) < 4.78 is 58.1. The van der Waals surface area contributed by atoms with Gasteiger partial charge < -0.3 is 14.8 Å². The van der Waals surface area contributed by atoms with Crippen molar-refractivity contribution >= 4 is 33.0 Å².